The lowest BCUT2D eigenvalue weighted by molar-refractivity contribution is 0.171. The minimum absolute atomic E-state index is 0.593. The second kappa shape index (κ2) is 4.35. The highest BCUT2D eigenvalue weighted by atomic mass is 15.1. The van der Waals surface area contributed by atoms with Gasteiger partial charge in [0.2, 0.25) is 0 Å². The Balaban J connectivity index is 1.92. The molecule has 1 heterocycles. The van der Waals surface area contributed by atoms with Crippen LogP contribution in [0.25, 0.3) is 0 Å². The van der Waals surface area contributed by atoms with Gasteiger partial charge in [-0.3, -0.25) is 0 Å². The number of hydrogen-bond donors (Lipinski definition) is 1. The molecule has 1 saturated carbocycles. The van der Waals surface area contributed by atoms with E-state index in [1.807, 2.05) is 6.20 Å². The molecule has 2 rings (SSSR count). The summed E-state index contributed by atoms with van der Waals surface area (Å²) in [5.41, 5.74) is 0. The predicted octanol–water partition coefficient (Wildman–Crippen LogP) is 2.14. The van der Waals surface area contributed by atoms with Crippen LogP contribution in [0.1, 0.15) is 38.6 Å². The van der Waals surface area contributed by atoms with E-state index in [1.54, 1.807) is 0 Å². The van der Waals surface area contributed by atoms with Gasteiger partial charge in [-0.1, -0.05) is 13.8 Å². The maximum Gasteiger partial charge on any atom is 0.105 e. The average Bonchev–Trinajstić information content (AvgIpc) is 2.50. The van der Waals surface area contributed by atoms with Gasteiger partial charge >= 0.3 is 0 Å². The molecule has 2 atom stereocenters. The molecule has 1 N–H and O–H groups in total. The summed E-state index contributed by atoms with van der Waals surface area (Å²) in [6.45, 7) is 7.64. The Kier molecular flexibility index (Phi) is 3.10. The zero-order valence-electron chi connectivity index (χ0n) is 9.90. The molecule has 0 spiro atoms. The first-order valence-electron chi connectivity index (χ1n) is 5.91. The highest BCUT2D eigenvalue weighted by Gasteiger charge is 2.32. The van der Waals surface area contributed by atoms with E-state index in [9.17, 15) is 0 Å². The molecule has 0 aromatic carbocycles. The van der Waals surface area contributed by atoms with E-state index in [2.05, 4.69) is 41.8 Å². The summed E-state index contributed by atoms with van der Waals surface area (Å²) in [5, 5.41) is 3.53. The van der Waals surface area contributed by atoms with Crippen LogP contribution < -0.4 is 5.32 Å². The summed E-state index contributed by atoms with van der Waals surface area (Å²) in [5.74, 6) is 1.94. The molecular formula is C12H21N3. The lowest BCUT2D eigenvalue weighted by Crippen LogP contribution is -2.39. The number of rotatable bonds is 4. The zero-order chi connectivity index (χ0) is 10.8. The molecule has 0 aliphatic heterocycles. The van der Waals surface area contributed by atoms with Gasteiger partial charge in [0, 0.05) is 31.0 Å². The SMILES string of the molecule is Cc1nccn1C1CCC1CNC(C)C. The fourth-order valence-corrected chi connectivity index (χ4v) is 2.28. The number of nitrogens with zero attached hydrogens (tertiary/aromatic N) is 2. The van der Waals surface area contributed by atoms with Crippen molar-refractivity contribution in [2.75, 3.05) is 6.54 Å². The third kappa shape index (κ3) is 2.23. The molecule has 1 aliphatic rings. The molecule has 0 amide bonds. The molecule has 0 radical (unpaired) electrons. The molecule has 1 fully saturated rings. The summed E-state index contributed by atoms with van der Waals surface area (Å²) in [6, 6.07) is 1.27. The maximum atomic E-state index is 4.29. The van der Waals surface area contributed by atoms with Gasteiger partial charge in [0.05, 0.1) is 0 Å². The first-order chi connectivity index (χ1) is 7.18. The molecular weight excluding hydrogens is 186 g/mol. The molecule has 1 aliphatic carbocycles. The standard InChI is InChI=1S/C12H21N3/c1-9(2)14-8-11-4-5-12(11)15-7-6-13-10(15)3/h6-7,9,11-12,14H,4-5,8H2,1-3H3. The monoisotopic (exact) mass is 207 g/mol. The summed E-state index contributed by atoms with van der Waals surface area (Å²) in [6.07, 6.45) is 6.67. The molecule has 84 valence electrons. The van der Waals surface area contributed by atoms with Gasteiger partial charge in [-0.25, -0.2) is 4.98 Å². The summed E-state index contributed by atoms with van der Waals surface area (Å²) in [7, 11) is 0. The molecule has 1 aromatic rings. The quantitative estimate of drug-likeness (QED) is 0.819. The van der Waals surface area contributed by atoms with Crippen LogP contribution in [0.5, 0.6) is 0 Å². The number of imidazole rings is 1. The number of nitrogens with one attached hydrogen (secondary N) is 1. The molecule has 0 bridgehead atoms. The zero-order valence-corrected chi connectivity index (χ0v) is 9.90. The van der Waals surface area contributed by atoms with Crippen molar-refractivity contribution < 1.29 is 0 Å². The van der Waals surface area contributed by atoms with E-state index in [-0.39, 0.29) is 0 Å². The van der Waals surface area contributed by atoms with Gasteiger partial charge in [-0.15, -0.1) is 0 Å². The van der Waals surface area contributed by atoms with Crippen molar-refractivity contribution in [1.82, 2.24) is 14.9 Å². The molecule has 15 heavy (non-hydrogen) atoms. The van der Waals surface area contributed by atoms with Crippen molar-refractivity contribution in [2.45, 2.75) is 45.7 Å². The normalized spacial score (nSPS) is 25.6. The average molecular weight is 207 g/mol. The Morgan fingerprint density at radius 1 is 1.53 bits per heavy atom. The molecule has 1 aromatic heterocycles. The van der Waals surface area contributed by atoms with Crippen LogP contribution in [0.15, 0.2) is 12.4 Å². The fourth-order valence-electron chi connectivity index (χ4n) is 2.28. The predicted molar refractivity (Wildman–Crippen MR) is 61.9 cm³/mol. The highest BCUT2D eigenvalue weighted by molar-refractivity contribution is 4.98. The van der Waals surface area contributed by atoms with Gasteiger partial charge in [0.25, 0.3) is 0 Å². The minimum atomic E-state index is 0.593. The van der Waals surface area contributed by atoms with Gasteiger partial charge in [-0.2, -0.15) is 0 Å². The number of hydrogen-bond acceptors (Lipinski definition) is 2. The Labute approximate surface area is 91.9 Å². The summed E-state index contributed by atoms with van der Waals surface area (Å²) < 4.78 is 2.33. The summed E-state index contributed by atoms with van der Waals surface area (Å²) in [4.78, 5) is 4.29. The van der Waals surface area contributed by atoms with Crippen LogP contribution in [-0.2, 0) is 0 Å². The molecule has 3 nitrogen and oxygen atoms in total. The van der Waals surface area contributed by atoms with E-state index >= 15 is 0 Å². The Morgan fingerprint density at radius 3 is 2.80 bits per heavy atom. The van der Waals surface area contributed by atoms with Crippen LogP contribution in [0.3, 0.4) is 0 Å². The second-order valence-electron chi connectivity index (χ2n) is 4.85. The lowest BCUT2D eigenvalue weighted by Gasteiger charge is -2.38. The second-order valence-corrected chi connectivity index (χ2v) is 4.85. The van der Waals surface area contributed by atoms with Crippen molar-refractivity contribution in [3.05, 3.63) is 18.2 Å². The lowest BCUT2D eigenvalue weighted by atomic mass is 9.79. The van der Waals surface area contributed by atoms with Crippen molar-refractivity contribution in [3.8, 4) is 0 Å². The fraction of sp³-hybridized carbons (Fsp3) is 0.750. The van der Waals surface area contributed by atoms with Crippen molar-refractivity contribution in [3.63, 3.8) is 0 Å². The third-order valence-electron chi connectivity index (χ3n) is 3.39. The van der Waals surface area contributed by atoms with Crippen LogP contribution in [-0.4, -0.2) is 22.1 Å². The van der Waals surface area contributed by atoms with Gasteiger partial charge in [0.15, 0.2) is 0 Å². The van der Waals surface area contributed by atoms with E-state index in [0.29, 0.717) is 12.1 Å². The first kappa shape index (κ1) is 10.7. The molecule has 3 heteroatoms. The van der Waals surface area contributed by atoms with Crippen molar-refractivity contribution >= 4 is 0 Å². The smallest absolute Gasteiger partial charge is 0.105 e. The Morgan fingerprint density at radius 2 is 2.33 bits per heavy atom. The minimum Gasteiger partial charge on any atom is -0.332 e. The number of aromatic nitrogens is 2. The van der Waals surface area contributed by atoms with Crippen LogP contribution >= 0.6 is 0 Å². The van der Waals surface area contributed by atoms with Crippen LogP contribution in [0.4, 0.5) is 0 Å². The first-order valence-corrected chi connectivity index (χ1v) is 5.91. The van der Waals surface area contributed by atoms with Crippen LogP contribution in [0.2, 0.25) is 0 Å². The number of aryl methyl sites for hydroxylation is 1. The van der Waals surface area contributed by atoms with E-state index in [1.165, 1.54) is 12.8 Å². The van der Waals surface area contributed by atoms with Gasteiger partial charge in [0.1, 0.15) is 5.82 Å². The molecule has 2 unspecified atom stereocenters. The maximum absolute atomic E-state index is 4.29. The third-order valence-corrected chi connectivity index (χ3v) is 3.39. The highest BCUT2D eigenvalue weighted by Crippen LogP contribution is 2.38. The van der Waals surface area contributed by atoms with Crippen LogP contribution in [0, 0.1) is 12.8 Å². The van der Waals surface area contributed by atoms with Crippen molar-refractivity contribution in [2.24, 2.45) is 5.92 Å². The Hall–Kier alpha value is -0.830. The van der Waals surface area contributed by atoms with E-state index in [4.69, 9.17) is 0 Å². The summed E-state index contributed by atoms with van der Waals surface area (Å²) >= 11 is 0. The Bertz CT molecular complexity index is 316. The van der Waals surface area contributed by atoms with E-state index in [0.717, 1.165) is 18.3 Å². The largest absolute Gasteiger partial charge is 0.332 e. The molecule has 0 saturated heterocycles. The topological polar surface area (TPSA) is 29.9 Å². The van der Waals surface area contributed by atoms with Crippen molar-refractivity contribution in [1.29, 1.82) is 0 Å². The van der Waals surface area contributed by atoms with Gasteiger partial charge < -0.3 is 9.88 Å². The van der Waals surface area contributed by atoms with Gasteiger partial charge in [-0.05, 0) is 25.7 Å². The van der Waals surface area contributed by atoms with E-state index < -0.39 is 0 Å².